The van der Waals surface area contributed by atoms with E-state index in [0.717, 1.165) is 36.5 Å². The van der Waals surface area contributed by atoms with Gasteiger partial charge in [-0.3, -0.25) is 4.99 Å². The molecule has 1 aliphatic rings. The van der Waals surface area contributed by atoms with Crippen molar-refractivity contribution in [2.75, 3.05) is 32.1 Å². The summed E-state index contributed by atoms with van der Waals surface area (Å²) in [4.78, 5) is 8.00. The van der Waals surface area contributed by atoms with Gasteiger partial charge in [0.15, 0.2) is 0 Å². The number of anilines is 1. The minimum Gasteiger partial charge on any atom is -0.370 e. The summed E-state index contributed by atoms with van der Waals surface area (Å²) in [6, 6.07) is 9.41. The van der Waals surface area contributed by atoms with Crippen molar-refractivity contribution in [1.82, 2.24) is 4.31 Å². The molecule has 5 nitrogen and oxygen atoms in total. The third-order valence-corrected chi connectivity index (χ3v) is 6.93. The topological polar surface area (TPSA) is 53.0 Å². The number of thiophene rings is 1. The van der Waals surface area contributed by atoms with Crippen LogP contribution >= 0.6 is 11.3 Å². The van der Waals surface area contributed by atoms with Gasteiger partial charge in [-0.15, -0.1) is 11.3 Å². The van der Waals surface area contributed by atoms with E-state index in [9.17, 15) is 8.42 Å². The van der Waals surface area contributed by atoms with Crippen LogP contribution in [-0.4, -0.2) is 46.1 Å². The summed E-state index contributed by atoms with van der Waals surface area (Å²) in [5.74, 6) is 0. The number of sulfonamides is 1. The molecule has 1 fully saturated rings. The third-order valence-electron chi connectivity index (χ3n) is 4.28. The maximum absolute atomic E-state index is 12.8. The Balaban J connectivity index is 2.01. The van der Waals surface area contributed by atoms with E-state index in [1.807, 2.05) is 29.6 Å². The normalized spacial score (nSPS) is 16.0. The van der Waals surface area contributed by atoms with Crippen molar-refractivity contribution in [3.63, 3.8) is 0 Å². The fraction of sp³-hybridized carbons (Fsp3) is 0.389. The van der Waals surface area contributed by atoms with Crippen molar-refractivity contribution in [3.8, 4) is 0 Å². The first-order valence-electron chi connectivity index (χ1n) is 8.37. The lowest BCUT2D eigenvalue weighted by Crippen LogP contribution is -2.32. The van der Waals surface area contributed by atoms with E-state index >= 15 is 0 Å². The SMILES string of the molecule is CN(C)S(=O)(=O)c1cc(N=Cc2cccs2)ccc1N1CCCCC1. The van der Waals surface area contributed by atoms with Gasteiger partial charge in [-0.1, -0.05) is 6.07 Å². The molecule has 1 aromatic carbocycles. The number of rotatable bonds is 5. The number of aliphatic imine (C=N–C) groups is 1. The molecule has 0 atom stereocenters. The molecule has 3 rings (SSSR count). The number of hydrogen-bond acceptors (Lipinski definition) is 5. The Morgan fingerprint density at radius 1 is 1.16 bits per heavy atom. The lowest BCUT2D eigenvalue weighted by atomic mass is 10.1. The molecule has 0 N–H and O–H groups in total. The molecule has 25 heavy (non-hydrogen) atoms. The molecule has 1 aromatic heterocycles. The molecular formula is C18H23N3O2S2. The van der Waals surface area contributed by atoms with Crippen LogP contribution in [0.5, 0.6) is 0 Å². The molecular weight excluding hydrogens is 354 g/mol. The van der Waals surface area contributed by atoms with Crippen LogP contribution in [0.25, 0.3) is 0 Å². The summed E-state index contributed by atoms with van der Waals surface area (Å²) in [5.41, 5.74) is 1.43. The summed E-state index contributed by atoms with van der Waals surface area (Å²) in [7, 11) is -0.398. The summed E-state index contributed by atoms with van der Waals surface area (Å²) >= 11 is 1.60. The summed E-state index contributed by atoms with van der Waals surface area (Å²) < 4.78 is 26.9. The lowest BCUT2D eigenvalue weighted by molar-refractivity contribution is 0.519. The monoisotopic (exact) mass is 377 g/mol. The van der Waals surface area contributed by atoms with Crippen LogP contribution in [0.15, 0.2) is 45.6 Å². The van der Waals surface area contributed by atoms with Gasteiger partial charge in [-0.25, -0.2) is 12.7 Å². The third kappa shape index (κ3) is 4.11. The van der Waals surface area contributed by atoms with Crippen LogP contribution in [0, 0.1) is 0 Å². The van der Waals surface area contributed by atoms with E-state index in [4.69, 9.17) is 0 Å². The van der Waals surface area contributed by atoms with Gasteiger partial charge in [-0.05, 0) is 48.9 Å². The lowest BCUT2D eigenvalue weighted by Gasteiger charge is -2.31. The van der Waals surface area contributed by atoms with Gasteiger partial charge in [0.25, 0.3) is 0 Å². The predicted octanol–water partition coefficient (Wildman–Crippen LogP) is 3.74. The first-order chi connectivity index (χ1) is 12.0. The molecule has 2 aromatic rings. The van der Waals surface area contributed by atoms with E-state index in [0.29, 0.717) is 10.6 Å². The zero-order chi connectivity index (χ0) is 17.9. The minimum absolute atomic E-state index is 0.334. The van der Waals surface area contributed by atoms with Crippen molar-refractivity contribution < 1.29 is 8.42 Å². The van der Waals surface area contributed by atoms with Gasteiger partial charge in [0.2, 0.25) is 10.0 Å². The van der Waals surface area contributed by atoms with E-state index < -0.39 is 10.0 Å². The largest absolute Gasteiger partial charge is 0.370 e. The highest BCUT2D eigenvalue weighted by atomic mass is 32.2. The van der Waals surface area contributed by atoms with Crippen LogP contribution in [0.3, 0.4) is 0 Å². The Morgan fingerprint density at radius 2 is 1.92 bits per heavy atom. The van der Waals surface area contributed by atoms with Gasteiger partial charge in [0, 0.05) is 38.3 Å². The zero-order valence-corrected chi connectivity index (χ0v) is 16.2. The molecule has 0 bridgehead atoms. The number of nitrogens with zero attached hydrogens (tertiary/aromatic N) is 3. The van der Waals surface area contributed by atoms with Crippen molar-refractivity contribution in [1.29, 1.82) is 0 Å². The molecule has 2 heterocycles. The molecule has 0 spiro atoms. The maximum atomic E-state index is 12.8. The minimum atomic E-state index is -3.53. The molecule has 1 aliphatic heterocycles. The quantitative estimate of drug-likeness (QED) is 0.746. The Labute approximate surface area is 153 Å². The summed E-state index contributed by atoms with van der Waals surface area (Å²) in [6.45, 7) is 1.79. The Morgan fingerprint density at radius 3 is 2.56 bits per heavy atom. The van der Waals surface area contributed by atoms with Crippen molar-refractivity contribution in [3.05, 3.63) is 40.6 Å². The van der Waals surface area contributed by atoms with Crippen LogP contribution in [-0.2, 0) is 10.0 Å². The van der Waals surface area contributed by atoms with Crippen LogP contribution in [0.4, 0.5) is 11.4 Å². The molecule has 0 saturated carbocycles. The fourth-order valence-corrected chi connectivity index (χ4v) is 4.59. The number of hydrogen-bond donors (Lipinski definition) is 0. The molecule has 134 valence electrons. The second-order valence-electron chi connectivity index (χ2n) is 6.26. The maximum Gasteiger partial charge on any atom is 0.244 e. The van der Waals surface area contributed by atoms with Gasteiger partial charge < -0.3 is 4.90 Å². The Hall–Kier alpha value is -1.70. The van der Waals surface area contributed by atoms with E-state index in [2.05, 4.69) is 9.89 Å². The first kappa shape index (κ1) is 18.1. The molecule has 1 saturated heterocycles. The highest BCUT2D eigenvalue weighted by Gasteiger charge is 2.25. The molecule has 0 unspecified atom stereocenters. The van der Waals surface area contributed by atoms with Gasteiger partial charge in [0.05, 0.1) is 11.4 Å². The van der Waals surface area contributed by atoms with E-state index in [1.54, 1.807) is 37.7 Å². The highest BCUT2D eigenvalue weighted by molar-refractivity contribution is 7.89. The smallest absolute Gasteiger partial charge is 0.244 e. The zero-order valence-electron chi connectivity index (χ0n) is 14.6. The van der Waals surface area contributed by atoms with Crippen molar-refractivity contribution in [2.45, 2.75) is 24.2 Å². The fourth-order valence-electron chi connectivity index (χ4n) is 2.89. The van der Waals surface area contributed by atoms with Gasteiger partial charge >= 0.3 is 0 Å². The van der Waals surface area contributed by atoms with Gasteiger partial charge in [0.1, 0.15) is 4.90 Å². The van der Waals surface area contributed by atoms with Crippen LogP contribution in [0.2, 0.25) is 0 Å². The Bertz CT molecular complexity index is 837. The molecule has 0 aliphatic carbocycles. The molecule has 0 amide bonds. The predicted molar refractivity (Wildman–Crippen MR) is 105 cm³/mol. The van der Waals surface area contributed by atoms with E-state index in [1.165, 1.54) is 10.7 Å². The summed E-state index contributed by atoms with van der Waals surface area (Å²) in [6.07, 6.45) is 5.17. The van der Waals surface area contributed by atoms with Crippen LogP contribution < -0.4 is 4.90 Å². The Kier molecular flexibility index (Phi) is 5.56. The van der Waals surface area contributed by atoms with Crippen LogP contribution in [0.1, 0.15) is 24.1 Å². The second kappa shape index (κ2) is 7.68. The highest BCUT2D eigenvalue weighted by Crippen LogP contribution is 2.32. The average Bonchev–Trinajstić information content (AvgIpc) is 3.14. The standard InChI is InChI=1S/C18H23N3O2S2/c1-20(2)25(22,23)18-13-15(19-14-16-7-6-12-24-16)8-9-17(18)21-10-4-3-5-11-21/h6-9,12-14H,3-5,10-11H2,1-2H3. The molecule has 7 heteroatoms. The summed E-state index contributed by atoms with van der Waals surface area (Å²) in [5, 5.41) is 1.99. The van der Waals surface area contributed by atoms with Gasteiger partial charge in [-0.2, -0.15) is 0 Å². The van der Waals surface area contributed by atoms with Crippen molar-refractivity contribution in [2.24, 2.45) is 4.99 Å². The first-order valence-corrected chi connectivity index (χ1v) is 10.7. The second-order valence-corrected chi connectivity index (χ2v) is 9.36. The molecule has 0 radical (unpaired) electrons. The number of piperidine rings is 1. The van der Waals surface area contributed by atoms with E-state index in [-0.39, 0.29) is 0 Å². The average molecular weight is 378 g/mol. The van der Waals surface area contributed by atoms with Crippen molar-refractivity contribution >= 4 is 38.9 Å². The number of benzene rings is 1.